The topological polar surface area (TPSA) is 61.4 Å². The van der Waals surface area contributed by atoms with Gasteiger partial charge in [0.15, 0.2) is 0 Å². The number of anilines is 1. The lowest BCUT2D eigenvalue weighted by atomic mass is 10.1. The van der Waals surface area contributed by atoms with Crippen LogP contribution in [0.5, 0.6) is 0 Å². The number of hydrogen-bond acceptors (Lipinski definition) is 3. The minimum Gasteiger partial charge on any atom is -0.346 e. The van der Waals surface area contributed by atoms with Crippen molar-refractivity contribution in [2.75, 3.05) is 18.4 Å². The molecule has 0 heterocycles. The van der Waals surface area contributed by atoms with Gasteiger partial charge in [0.2, 0.25) is 11.8 Å². The van der Waals surface area contributed by atoms with Crippen molar-refractivity contribution < 1.29 is 22.8 Å². The minimum atomic E-state index is -4.37. The van der Waals surface area contributed by atoms with Gasteiger partial charge in [0, 0.05) is 18.3 Å². The van der Waals surface area contributed by atoms with Gasteiger partial charge in [0.1, 0.15) is 0 Å². The Morgan fingerprint density at radius 1 is 1.00 bits per heavy atom. The fraction of sp³-hybridized carbons (Fsp3) is 0.417. The Bertz CT molecular complexity index is 960. The maximum absolute atomic E-state index is 12.7. The number of rotatable bonds is 8. The molecule has 1 aliphatic carbocycles. The Kier molecular flexibility index (Phi) is 7.23. The number of alkyl halides is 3. The molecule has 1 aliphatic rings. The number of carbonyl (C=O) groups is 2. The van der Waals surface area contributed by atoms with Gasteiger partial charge in [-0.05, 0) is 62.4 Å². The normalized spacial score (nSPS) is 13.8. The Morgan fingerprint density at radius 3 is 2.12 bits per heavy atom. The van der Waals surface area contributed by atoms with Crippen molar-refractivity contribution in [3.05, 3.63) is 64.2 Å². The number of nitrogens with one attached hydrogen (secondary N) is 2. The largest absolute Gasteiger partial charge is 0.416 e. The number of benzene rings is 2. The van der Waals surface area contributed by atoms with E-state index in [4.69, 9.17) is 0 Å². The molecule has 2 N–H and O–H groups in total. The molecule has 0 atom stereocenters. The first-order chi connectivity index (χ1) is 15.0. The summed E-state index contributed by atoms with van der Waals surface area (Å²) in [7, 11) is 0. The third-order valence-electron chi connectivity index (χ3n) is 5.46. The summed E-state index contributed by atoms with van der Waals surface area (Å²) in [6, 6.07) is 9.19. The second-order valence-corrected chi connectivity index (χ2v) is 8.43. The van der Waals surface area contributed by atoms with Crippen molar-refractivity contribution in [2.24, 2.45) is 0 Å². The Hall–Kier alpha value is -2.87. The van der Waals surface area contributed by atoms with Crippen LogP contribution in [0.4, 0.5) is 18.9 Å². The van der Waals surface area contributed by atoms with Crippen molar-refractivity contribution in [3.8, 4) is 0 Å². The first-order valence-electron chi connectivity index (χ1n) is 10.6. The van der Waals surface area contributed by atoms with Gasteiger partial charge in [-0.3, -0.25) is 14.5 Å². The van der Waals surface area contributed by atoms with Gasteiger partial charge in [0.05, 0.1) is 18.7 Å². The Morgan fingerprint density at radius 2 is 1.59 bits per heavy atom. The summed E-state index contributed by atoms with van der Waals surface area (Å²) >= 11 is 0. The second kappa shape index (κ2) is 9.73. The van der Waals surface area contributed by atoms with E-state index in [2.05, 4.69) is 10.6 Å². The van der Waals surface area contributed by atoms with Crippen LogP contribution in [-0.2, 0) is 22.3 Å². The predicted molar refractivity (Wildman–Crippen MR) is 117 cm³/mol. The van der Waals surface area contributed by atoms with Crippen LogP contribution in [-0.4, -0.2) is 35.8 Å². The third kappa shape index (κ3) is 6.56. The molecule has 2 amide bonds. The number of halogens is 3. The van der Waals surface area contributed by atoms with Gasteiger partial charge in [-0.1, -0.05) is 29.8 Å². The molecule has 0 aromatic heterocycles. The zero-order valence-electron chi connectivity index (χ0n) is 18.5. The van der Waals surface area contributed by atoms with E-state index in [1.54, 1.807) is 0 Å². The fourth-order valence-electron chi connectivity index (χ4n) is 3.77. The maximum Gasteiger partial charge on any atom is 0.416 e. The first-order valence-corrected chi connectivity index (χ1v) is 10.6. The standard InChI is InChI=1S/C24H28F3N3O2/c1-15-10-16(2)23(17(3)11-15)29-21(31)12-28-22(32)14-30(20-8-9-20)13-18-4-6-19(7-5-18)24(25,26)27/h4-7,10-11,20H,8-9,12-14H2,1-3H3,(H,28,32)(H,29,31). The van der Waals surface area contributed by atoms with Crippen LogP contribution in [0.1, 0.15) is 40.7 Å². The van der Waals surface area contributed by atoms with Crippen molar-refractivity contribution >= 4 is 17.5 Å². The summed E-state index contributed by atoms with van der Waals surface area (Å²) in [5.74, 6) is -0.606. The van der Waals surface area contributed by atoms with Crippen LogP contribution in [0.2, 0.25) is 0 Å². The van der Waals surface area contributed by atoms with Crippen molar-refractivity contribution in [1.82, 2.24) is 10.2 Å². The summed E-state index contributed by atoms with van der Waals surface area (Å²) in [6.45, 7) is 6.14. The van der Waals surface area contributed by atoms with Crippen LogP contribution in [0.3, 0.4) is 0 Å². The van der Waals surface area contributed by atoms with Crippen LogP contribution in [0.15, 0.2) is 36.4 Å². The molecule has 5 nitrogen and oxygen atoms in total. The number of hydrogen-bond donors (Lipinski definition) is 2. The fourth-order valence-corrected chi connectivity index (χ4v) is 3.77. The lowest BCUT2D eigenvalue weighted by Crippen LogP contribution is -2.41. The lowest BCUT2D eigenvalue weighted by molar-refractivity contribution is -0.137. The molecule has 0 bridgehead atoms. The highest BCUT2D eigenvalue weighted by atomic mass is 19.4. The van der Waals surface area contributed by atoms with Crippen LogP contribution >= 0.6 is 0 Å². The summed E-state index contributed by atoms with van der Waals surface area (Å²) < 4.78 is 38.2. The monoisotopic (exact) mass is 447 g/mol. The van der Waals surface area contributed by atoms with Crippen molar-refractivity contribution in [1.29, 1.82) is 0 Å². The average Bonchev–Trinajstić information content (AvgIpc) is 3.54. The average molecular weight is 448 g/mol. The Labute approximate surface area is 186 Å². The van der Waals surface area contributed by atoms with E-state index in [0.29, 0.717) is 12.1 Å². The molecule has 0 aliphatic heterocycles. The zero-order valence-corrected chi connectivity index (χ0v) is 18.5. The highest BCUT2D eigenvalue weighted by Crippen LogP contribution is 2.31. The first kappa shape index (κ1) is 23.8. The SMILES string of the molecule is Cc1cc(C)c(NC(=O)CNC(=O)CN(Cc2ccc(C(F)(F)F)cc2)C2CC2)c(C)c1. The van der Waals surface area contributed by atoms with Crippen molar-refractivity contribution in [2.45, 2.75) is 52.4 Å². The van der Waals surface area contributed by atoms with Gasteiger partial charge in [-0.25, -0.2) is 0 Å². The van der Waals surface area contributed by atoms with E-state index >= 15 is 0 Å². The molecule has 0 radical (unpaired) electrons. The molecular weight excluding hydrogens is 419 g/mol. The van der Waals surface area contributed by atoms with Crippen LogP contribution in [0, 0.1) is 20.8 Å². The quantitative estimate of drug-likeness (QED) is 0.633. The molecule has 1 saturated carbocycles. The molecule has 0 saturated heterocycles. The number of amides is 2. The predicted octanol–water partition coefficient (Wildman–Crippen LogP) is 4.35. The van der Waals surface area contributed by atoms with Crippen molar-refractivity contribution in [3.63, 3.8) is 0 Å². The highest BCUT2D eigenvalue weighted by Gasteiger charge is 2.32. The summed E-state index contributed by atoms with van der Waals surface area (Å²) in [5, 5.41) is 5.49. The van der Waals surface area contributed by atoms with Gasteiger partial charge in [0.25, 0.3) is 0 Å². The summed E-state index contributed by atoms with van der Waals surface area (Å²) in [6.07, 6.45) is -2.48. The van der Waals surface area contributed by atoms with E-state index in [-0.39, 0.29) is 30.9 Å². The van der Waals surface area contributed by atoms with Gasteiger partial charge in [-0.15, -0.1) is 0 Å². The maximum atomic E-state index is 12.7. The second-order valence-electron chi connectivity index (χ2n) is 8.43. The van der Waals surface area contributed by atoms with E-state index in [1.807, 2.05) is 37.8 Å². The minimum absolute atomic E-state index is 0.0849. The summed E-state index contributed by atoms with van der Waals surface area (Å²) in [5.41, 5.74) is 3.79. The lowest BCUT2D eigenvalue weighted by Gasteiger charge is -2.22. The third-order valence-corrected chi connectivity index (χ3v) is 5.46. The van der Waals surface area contributed by atoms with E-state index < -0.39 is 11.7 Å². The molecule has 172 valence electrons. The molecular formula is C24H28F3N3O2. The molecule has 2 aromatic rings. The molecule has 32 heavy (non-hydrogen) atoms. The smallest absolute Gasteiger partial charge is 0.346 e. The van der Waals surface area contributed by atoms with Gasteiger partial charge < -0.3 is 10.6 Å². The molecule has 1 fully saturated rings. The van der Waals surface area contributed by atoms with Gasteiger partial charge >= 0.3 is 6.18 Å². The number of carbonyl (C=O) groups excluding carboxylic acids is 2. The van der Waals surface area contributed by atoms with E-state index in [9.17, 15) is 22.8 Å². The van der Waals surface area contributed by atoms with Gasteiger partial charge in [-0.2, -0.15) is 13.2 Å². The van der Waals surface area contributed by atoms with Crippen LogP contribution < -0.4 is 10.6 Å². The van der Waals surface area contributed by atoms with E-state index in [0.717, 1.165) is 47.4 Å². The van der Waals surface area contributed by atoms with E-state index in [1.165, 1.54) is 12.1 Å². The molecule has 0 unspecified atom stereocenters. The number of aryl methyl sites for hydroxylation is 3. The molecule has 0 spiro atoms. The highest BCUT2D eigenvalue weighted by molar-refractivity contribution is 5.96. The molecule has 3 rings (SSSR count). The number of nitrogens with zero attached hydrogens (tertiary/aromatic N) is 1. The zero-order chi connectivity index (χ0) is 23.5. The summed E-state index contributed by atoms with van der Waals surface area (Å²) in [4.78, 5) is 26.7. The Balaban J connectivity index is 1.52. The van der Waals surface area contributed by atoms with Crippen LogP contribution in [0.25, 0.3) is 0 Å². The molecule has 2 aromatic carbocycles. The molecule has 8 heteroatoms.